The Kier molecular flexibility index (Phi) is 6.17. The molecule has 5 rings (SSSR count). The molecule has 0 unspecified atom stereocenters. The number of ether oxygens (including phenoxy) is 2. The quantitative estimate of drug-likeness (QED) is 0.313. The van der Waals surface area contributed by atoms with Crippen molar-refractivity contribution >= 4 is 27.8 Å². The summed E-state index contributed by atoms with van der Waals surface area (Å²) in [5, 5.41) is 12.3. The molecule has 0 spiro atoms. The summed E-state index contributed by atoms with van der Waals surface area (Å²) >= 11 is 0. The lowest BCUT2D eigenvalue weighted by Gasteiger charge is -2.33. The Balaban J connectivity index is 1.88. The van der Waals surface area contributed by atoms with Crippen LogP contribution in [-0.4, -0.2) is 33.3 Å². The van der Waals surface area contributed by atoms with Crippen LogP contribution in [-0.2, 0) is 16.0 Å². The molecule has 0 amide bonds. The molecule has 1 aliphatic rings. The first-order valence-corrected chi connectivity index (χ1v) is 12.6. The van der Waals surface area contributed by atoms with Crippen molar-refractivity contribution in [2.75, 3.05) is 6.61 Å². The van der Waals surface area contributed by atoms with E-state index in [-0.39, 0.29) is 0 Å². The van der Waals surface area contributed by atoms with Crippen LogP contribution < -0.4 is 4.74 Å². The van der Waals surface area contributed by atoms with Crippen LogP contribution in [0.2, 0.25) is 0 Å². The number of hydrogen-bond acceptors (Lipinski definition) is 5. The maximum absolute atomic E-state index is 12.8. The largest absolute Gasteiger partial charge is 0.493 e. The van der Waals surface area contributed by atoms with E-state index in [0.29, 0.717) is 25.0 Å². The van der Waals surface area contributed by atoms with Gasteiger partial charge >= 0.3 is 5.97 Å². The highest BCUT2D eigenvalue weighted by molar-refractivity contribution is 6.08. The molecule has 36 heavy (non-hydrogen) atoms. The predicted octanol–water partition coefficient (Wildman–Crippen LogP) is 6.72. The van der Waals surface area contributed by atoms with Gasteiger partial charge in [-0.1, -0.05) is 19.9 Å². The molecule has 1 N–H and O–H groups in total. The third kappa shape index (κ3) is 3.99. The second kappa shape index (κ2) is 9.17. The van der Waals surface area contributed by atoms with Gasteiger partial charge in [-0.3, -0.25) is 9.97 Å². The lowest BCUT2D eigenvalue weighted by molar-refractivity contribution is -0.164. The van der Waals surface area contributed by atoms with Gasteiger partial charge in [0, 0.05) is 40.2 Å². The molecule has 0 radical (unpaired) electrons. The summed E-state index contributed by atoms with van der Waals surface area (Å²) in [4.78, 5) is 22.3. The maximum atomic E-state index is 12.8. The number of carbonyl (C=O) groups is 1. The molecule has 0 saturated carbocycles. The standard InChI is InChI=1S/C30H32N2O4/c1-6-30(5,7-2)36-28(29(33)34)24-17(3)16-22-20(9-8-18(4)32-22)26(24)21-10-11-23-25-19(13-15-35-23)12-14-31-27(21)25/h8-12,14,16,28H,6-7,13,15H2,1-5H3,(H,33,34)/t28-/m0/s1. The van der Waals surface area contributed by atoms with Crippen molar-refractivity contribution in [1.82, 2.24) is 9.97 Å². The molecule has 0 fully saturated rings. The Morgan fingerprint density at radius 3 is 2.67 bits per heavy atom. The topological polar surface area (TPSA) is 81.5 Å². The first kappa shape index (κ1) is 24.2. The second-order valence-corrected chi connectivity index (χ2v) is 9.90. The molecule has 6 nitrogen and oxygen atoms in total. The molecule has 0 bridgehead atoms. The first-order chi connectivity index (χ1) is 17.3. The third-order valence-corrected chi connectivity index (χ3v) is 7.60. The molecule has 3 heterocycles. The molecule has 186 valence electrons. The normalized spacial score (nSPS) is 14.1. The predicted molar refractivity (Wildman–Crippen MR) is 142 cm³/mol. The Hall–Kier alpha value is -3.51. The van der Waals surface area contributed by atoms with Crippen LogP contribution >= 0.6 is 0 Å². The number of carboxylic acids is 1. The van der Waals surface area contributed by atoms with Gasteiger partial charge in [0.25, 0.3) is 0 Å². The van der Waals surface area contributed by atoms with Crippen LogP contribution in [0.4, 0.5) is 0 Å². The van der Waals surface area contributed by atoms with Crippen molar-refractivity contribution in [3.05, 3.63) is 65.0 Å². The summed E-state index contributed by atoms with van der Waals surface area (Å²) in [6.07, 6.45) is 2.90. The molecule has 2 aromatic heterocycles. The van der Waals surface area contributed by atoms with Crippen LogP contribution in [0.1, 0.15) is 62.1 Å². The van der Waals surface area contributed by atoms with E-state index in [9.17, 15) is 9.90 Å². The van der Waals surface area contributed by atoms with Gasteiger partial charge in [-0.2, -0.15) is 0 Å². The third-order valence-electron chi connectivity index (χ3n) is 7.60. The van der Waals surface area contributed by atoms with E-state index >= 15 is 0 Å². The fourth-order valence-electron chi connectivity index (χ4n) is 5.19. The number of nitrogens with zero attached hydrogens (tertiary/aromatic N) is 2. The van der Waals surface area contributed by atoms with E-state index in [0.717, 1.165) is 56.4 Å². The number of rotatable bonds is 7. The van der Waals surface area contributed by atoms with Crippen LogP contribution in [0, 0.1) is 13.8 Å². The highest BCUT2D eigenvalue weighted by atomic mass is 16.5. The number of fused-ring (bicyclic) bond motifs is 1. The number of aromatic nitrogens is 2. The molecule has 6 heteroatoms. The number of pyridine rings is 2. The molecule has 1 aliphatic heterocycles. The highest BCUT2D eigenvalue weighted by Crippen LogP contribution is 2.45. The van der Waals surface area contributed by atoms with E-state index in [2.05, 4.69) is 0 Å². The zero-order chi connectivity index (χ0) is 25.6. The molecule has 2 aromatic carbocycles. The van der Waals surface area contributed by atoms with E-state index < -0.39 is 17.7 Å². The van der Waals surface area contributed by atoms with Crippen molar-refractivity contribution in [2.45, 2.75) is 65.6 Å². The van der Waals surface area contributed by atoms with Crippen LogP contribution in [0.3, 0.4) is 0 Å². The van der Waals surface area contributed by atoms with Gasteiger partial charge in [-0.25, -0.2) is 4.79 Å². The van der Waals surface area contributed by atoms with Crippen molar-refractivity contribution < 1.29 is 19.4 Å². The lowest BCUT2D eigenvalue weighted by Crippen LogP contribution is -2.32. The summed E-state index contributed by atoms with van der Waals surface area (Å²) in [6.45, 7) is 10.6. The molecular weight excluding hydrogens is 452 g/mol. The summed E-state index contributed by atoms with van der Waals surface area (Å²) < 4.78 is 12.4. The first-order valence-electron chi connectivity index (χ1n) is 12.6. The minimum Gasteiger partial charge on any atom is -0.493 e. The van der Waals surface area contributed by atoms with E-state index in [1.54, 1.807) is 0 Å². The van der Waals surface area contributed by atoms with Gasteiger partial charge in [-0.05, 0) is 80.6 Å². The van der Waals surface area contributed by atoms with Gasteiger partial charge in [0.15, 0.2) is 6.10 Å². The number of aliphatic carboxylic acids is 1. The number of carboxylic acid groups (broad SMARTS) is 1. The SMILES string of the molecule is CCC(C)(CC)O[C@H](C(=O)O)c1c(C)cc2nc(C)ccc2c1-c1ccc2c3c(ccnc13)CCO2. The van der Waals surface area contributed by atoms with Crippen molar-refractivity contribution in [1.29, 1.82) is 0 Å². The smallest absolute Gasteiger partial charge is 0.337 e. The fourth-order valence-corrected chi connectivity index (χ4v) is 5.19. The highest BCUT2D eigenvalue weighted by Gasteiger charge is 2.35. The minimum atomic E-state index is -1.14. The molecule has 1 atom stereocenters. The Morgan fingerprint density at radius 2 is 1.94 bits per heavy atom. The summed E-state index contributed by atoms with van der Waals surface area (Å²) in [7, 11) is 0. The van der Waals surface area contributed by atoms with Gasteiger partial charge < -0.3 is 14.6 Å². The zero-order valence-corrected chi connectivity index (χ0v) is 21.5. The number of aryl methyl sites for hydroxylation is 2. The maximum Gasteiger partial charge on any atom is 0.337 e. The summed E-state index contributed by atoms with van der Waals surface area (Å²) in [5.41, 5.74) is 6.28. The van der Waals surface area contributed by atoms with Gasteiger partial charge in [0.1, 0.15) is 5.75 Å². The van der Waals surface area contributed by atoms with Gasteiger partial charge in [0.2, 0.25) is 0 Å². The van der Waals surface area contributed by atoms with E-state index in [1.165, 1.54) is 5.56 Å². The van der Waals surface area contributed by atoms with E-state index in [1.807, 2.05) is 77.2 Å². The Labute approximate surface area is 211 Å². The minimum absolute atomic E-state index is 0.570. The Morgan fingerprint density at radius 1 is 1.17 bits per heavy atom. The van der Waals surface area contributed by atoms with Crippen molar-refractivity contribution in [3.8, 4) is 16.9 Å². The molecule has 0 aliphatic carbocycles. The zero-order valence-electron chi connectivity index (χ0n) is 21.5. The number of hydrogen-bond donors (Lipinski definition) is 1. The monoisotopic (exact) mass is 484 g/mol. The summed E-state index contributed by atoms with van der Waals surface area (Å²) in [5.74, 6) is -0.197. The molecule has 4 aromatic rings. The van der Waals surface area contributed by atoms with Gasteiger partial charge in [0.05, 0.1) is 23.2 Å². The van der Waals surface area contributed by atoms with Crippen molar-refractivity contribution in [3.63, 3.8) is 0 Å². The van der Waals surface area contributed by atoms with E-state index in [4.69, 9.17) is 19.4 Å². The molecule has 0 saturated heterocycles. The summed E-state index contributed by atoms with van der Waals surface area (Å²) in [6, 6.07) is 12.0. The van der Waals surface area contributed by atoms with Crippen molar-refractivity contribution in [2.24, 2.45) is 0 Å². The number of benzene rings is 2. The van der Waals surface area contributed by atoms with Crippen LogP contribution in [0.5, 0.6) is 5.75 Å². The molecular formula is C30H32N2O4. The fraction of sp³-hybridized carbons (Fsp3) is 0.367. The Bertz CT molecular complexity index is 1480. The lowest BCUT2D eigenvalue weighted by atomic mass is 9.86. The average Bonchev–Trinajstić information content (AvgIpc) is 2.87. The van der Waals surface area contributed by atoms with Gasteiger partial charge in [-0.15, -0.1) is 0 Å². The average molecular weight is 485 g/mol. The van der Waals surface area contributed by atoms with Crippen LogP contribution in [0.15, 0.2) is 42.6 Å². The second-order valence-electron chi connectivity index (χ2n) is 9.90. The van der Waals surface area contributed by atoms with Crippen LogP contribution in [0.25, 0.3) is 32.9 Å².